The van der Waals surface area contributed by atoms with Gasteiger partial charge in [-0.25, -0.2) is 4.79 Å². The number of aliphatic hydroxyl groups is 1. The summed E-state index contributed by atoms with van der Waals surface area (Å²) in [7, 11) is 1.62. The molecule has 1 heterocycles. The third-order valence-corrected chi connectivity index (χ3v) is 5.21. The molecule has 2 amide bonds. The maximum atomic E-state index is 12.5. The molecule has 2 aromatic rings. The highest BCUT2D eigenvalue weighted by molar-refractivity contribution is 5.78. The van der Waals surface area contributed by atoms with Gasteiger partial charge in [0.25, 0.3) is 0 Å². The molecule has 0 bridgehead atoms. The number of hydrogen-bond donors (Lipinski definition) is 2. The van der Waals surface area contributed by atoms with Crippen LogP contribution in [-0.2, 0) is 0 Å². The number of likely N-dealkylation sites (tertiary alicyclic amines) is 1. The number of amides is 2. The van der Waals surface area contributed by atoms with Crippen molar-refractivity contribution < 1.29 is 14.6 Å². The predicted octanol–water partition coefficient (Wildman–Crippen LogP) is 3.13. The summed E-state index contributed by atoms with van der Waals surface area (Å²) >= 11 is 0. The molecule has 1 aliphatic heterocycles. The molecule has 0 aliphatic carbocycles. The van der Waals surface area contributed by atoms with Crippen molar-refractivity contribution in [2.24, 2.45) is 0 Å². The molecule has 0 radical (unpaired) electrons. The van der Waals surface area contributed by atoms with Crippen LogP contribution in [-0.4, -0.2) is 48.4 Å². The maximum Gasteiger partial charge on any atom is 0.318 e. The molecule has 146 valence electrons. The minimum Gasteiger partial charge on any atom is -0.497 e. The lowest BCUT2D eigenvalue weighted by molar-refractivity contribution is 0.0171. The Morgan fingerprint density at radius 1 is 1.25 bits per heavy atom. The first-order valence-electron chi connectivity index (χ1n) is 9.46. The topological polar surface area (TPSA) is 85.6 Å². The van der Waals surface area contributed by atoms with Crippen molar-refractivity contribution in [2.45, 2.75) is 31.3 Å². The highest BCUT2D eigenvalue weighted by Crippen LogP contribution is 2.44. The quantitative estimate of drug-likeness (QED) is 0.807. The van der Waals surface area contributed by atoms with Gasteiger partial charge in [-0.3, -0.25) is 0 Å². The number of methoxy groups -OCH3 is 1. The molecule has 1 saturated heterocycles. The Balaban J connectivity index is 1.94. The third-order valence-electron chi connectivity index (χ3n) is 5.21. The Morgan fingerprint density at radius 3 is 2.57 bits per heavy atom. The molecule has 28 heavy (non-hydrogen) atoms. The largest absolute Gasteiger partial charge is 0.497 e. The van der Waals surface area contributed by atoms with Crippen molar-refractivity contribution in [3.8, 4) is 22.9 Å². The van der Waals surface area contributed by atoms with E-state index >= 15 is 0 Å². The minimum absolute atomic E-state index is 0.195. The van der Waals surface area contributed by atoms with Gasteiger partial charge >= 0.3 is 6.03 Å². The summed E-state index contributed by atoms with van der Waals surface area (Å²) in [4.78, 5) is 13.9. The van der Waals surface area contributed by atoms with Crippen LogP contribution in [0.4, 0.5) is 4.79 Å². The van der Waals surface area contributed by atoms with Crippen LogP contribution in [0.1, 0.15) is 24.8 Å². The average Bonchev–Trinajstić information content (AvgIpc) is 2.72. The number of carbonyl (C=O) groups excluding carboxylic acids is 1. The van der Waals surface area contributed by atoms with Gasteiger partial charge in [0.05, 0.1) is 25.8 Å². The van der Waals surface area contributed by atoms with E-state index in [1.165, 1.54) is 4.90 Å². The van der Waals surface area contributed by atoms with Crippen LogP contribution in [0.5, 0.6) is 5.75 Å². The van der Waals surface area contributed by atoms with Crippen LogP contribution in [0, 0.1) is 11.3 Å². The number of benzene rings is 2. The predicted molar refractivity (Wildman–Crippen MR) is 107 cm³/mol. The zero-order valence-electron chi connectivity index (χ0n) is 16.1. The van der Waals surface area contributed by atoms with Crippen molar-refractivity contribution in [2.75, 3.05) is 20.3 Å². The lowest BCUT2D eigenvalue weighted by Gasteiger charge is -2.51. The van der Waals surface area contributed by atoms with E-state index in [0.29, 0.717) is 6.54 Å². The Morgan fingerprint density at radius 2 is 1.96 bits per heavy atom. The molecule has 0 saturated carbocycles. The standard InChI is InChI=1S/C22H25N3O3/c1-3-12-24-22(27)25-19(13-23)21(20(25)14-26)18-7-5-4-6-17(18)15-8-10-16(28-2)11-9-15/h4-11,19-21,26H,3,12,14H2,1-2H3,(H,24,27)/t19-,20+,21-/m0/s1. The SMILES string of the molecule is CCCNC(=O)N1[C@H](CO)[C@@H](c2ccccc2-c2ccc(OC)cc2)[C@@H]1C#N. The molecule has 1 fully saturated rings. The van der Waals surface area contributed by atoms with Gasteiger partial charge in [0.2, 0.25) is 0 Å². The molecular weight excluding hydrogens is 354 g/mol. The highest BCUT2D eigenvalue weighted by Gasteiger charge is 2.52. The molecule has 6 nitrogen and oxygen atoms in total. The number of hydrogen-bond acceptors (Lipinski definition) is 4. The number of nitrogens with zero attached hydrogens (tertiary/aromatic N) is 2. The number of aliphatic hydroxyl groups excluding tert-OH is 1. The van der Waals surface area contributed by atoms with E-state index in [-0.39, 0.29) is 18.6 Å². The van der Waals surface area contributed by atoms with Crippen molar-refractivity contribution in [1.82, 2.24) is 10.2 Å². The van der Waals surface area contributed by atoms with E-state index in [1.54, 1.807) is 7.11 Å². The van der Waals surface area contributed by atoms with Crippen LogP contribution >= 0.6 is 0 Å². The van der Waals surface area contributed by atoms with Gasteiger partial charge in [-0.15, -0.1) is 0 Å². The van der Waals surface area contributed by atoms with Gasteiger partial charge in [0, 0.05) is 12.5 Å². The van der Waals surface area contributed by atoms with Gasteiger partial charge in [0.15, 0.2) is 0 Å². The molecule has 0 aromatic heterocycles. The summed E-state index contributed by atoms with van der Waals surface area (Å²) < 4.78 is 5.23. The lowest BCUT2D eigenvalue weighted by Crippen LogP contribution is -2.67. The van der Waals surface area contributed by atoms with E-state index < -0.39 is 12.1 Å². The zero-order chi connectivity index (χ0) is 20.1. The smallest absolute Gasteiger partial charge is 0.318 e. The number of rotatable bonds is 6. The molecule has 3 rings (SSSR count). The first-order chi connectivity index (χ1) is 13.7. The first kappa shape index (κ1) is 19.7. The van der Waals surface area contributed by atoms with Gasteiger partial charge in [0.1, 0.15) is 11.8 Å². The molecule has 3 atom stereocenters. The van der Waals surface area contributed by atoms with Crippen LogP contribution in [0.2, 0.25) is 0 Å². The number of urea groups is 1. The minimum atomic E-state index is -0.617. The lowest BCUT2D eigenvalue weighted by atomic mass is 9.73. The number of carbonyl (C=O) groups is 1. The molecular formula is C22H25N3O3. The first-order valence-corrected chi connectivity index (χ1v) is 9.46. The number of nitrogens with one attached hydrogen (secondary N) is 1. The summed E-state index contributed by atoms with van der Waals surface area (Å²) in [5.74, 6) is 0.521. The summed E-state index contributed by atoms with van der Waals surface area (Å²) in [5.41, 5.74) is 2.94. The Kier molecular flexibility index (Phi) is 6.17. The number of nitriles is 1. The summed E-state index contributed by atoms with van der Waals surface area (Å²) in [5, 5.41) is 22.5. The Bertz CT molecular complexity index is 860. The summed E-state index contributed by atoms with van der Waals surface area (Å²) in [6.45, 7) is 2.31. The van der Waals surface area contributed by atoms with Crippen LogP contribution < -0.4 is 10.1 Å². The maximum absolute atomic E-state index is 12.5. The zero-order valence-corrected chi connectivity index (χ0v) is 16.1. The van der Waals surface area contributed by atoms with Gasteiger partial charge < -0.3 is 20.1 Å². The van der Waals surface area contributed by atoms with Gasteiger partial charge in [-0.2, -0.15) is 5.26 Å². The second-order valence-electron chi connectivity index (χ2n) is 6.80. The van der Waals surface area contributed by atoms with Crippen molar-refractivity contribution in [1.29, 1.82) is 5.26 Å². The van der Waals surface area contributed by atoms with Crippen LogP contribution in [0.15, 0.2) is 48.5 Å². The van der Waals surface area contributed by atoms with Gasteiger partial charge in [-0.1, -0.05) is 43.3 Å². The average molecular weight is 379 g/mol. The molecule has 1 aliphatic rings. The van der Waals surface area contributed by atoms with E-state index in [0.717, 1.165) is 28.9 Å². The molecule has 2 N–H and O–H groups in total. The summed E-state index contributed by atoms with van der Waals surface area (Å²) in [6.07, 6.45) is 0.810. The Hall–Kier alpha value is -3.04. The normalized spacial score (nSPS) is 20.8. The monoisotopic (exact) mass is 379 g/mol. The third kappa shape index (κ3) is 3.54. The van der Waals surface area contributed by atoms with E-state index in [1.807, 2.05) is 55.5 Å². The fourth-order valence-electron chi connectivity index (χ4n) is 3.80. The number of ether oxygens (including phenoxy) is 1. The van der Waals surface area contributed by atoms with Crippen LogP contribution in [0.3, 0.4) is 0 Å². The van der Waals surface area contributed by atoms with Crippen LogP contribution in [0.25, 0.3) is 11.1 Å². The van der Waals surface area contributed by atoms with E-state index in [9.17, 15) is 15.2 Å². The van der Waals surface area contributed by atoms with Crippen molar-refractivity contribution in [3.63, 3.8) is 0 Å². The fraction of sp³-hybridized carbons (Fsp3) is 0.364. The molecule has 2 aromatic carbocycles. The highest BCUT2D eigenvalue weighted by atomic mass is 16.5. The van der Waals surface area contributed by atoms with Crippen molar-refractivity contribution in [3.05, 3.63) is 54.1 Å². The fourth-order valence-corrected chi connectivity index (χ4v) is 3.80. The van der Waals surface area contributed by atoms with E-state index in [2.05, 4.69) is 11.4 Å². The second kappa shape index (κ2) is 8.77. The Labute approximate surface area is 165 Å². The molecule has 0 spiro atoms. The van der Waals surface area contributed by atoms with Gasteiger partial charge in [-0.05, 0) is 35.2 Å². The van der Waals surface area contributed by atoms with Crippen molar-refractivity contribution >= 4 is 6.03 Å². The second-order valence-corrected chi connectivity index (χ2v) is 6.80. The molecule has 6 heteroatoms. The van der Waals surface area contributed by atoms with E-state index in [4.69, 9.17) is 4.74 Å². The summed E-state index contributed by atoms with van der Waals surface area (Å²) in [6, 6.07) is 16.5. The molecule has 0 unspecified atom stereocenters.